The van der Waals surface area contributed by atoms with Crippen LogP contribution < -0.4 is 19.9 Å². The van der Waals surface area contributed by atoms with Gasteiger partial charge in [-0.3, -0.25) is 0 Å². The van der Waals surface area contributed by atoms with Crippen LogP contribution in [0.2, 0.25) is 23.2 Å². The number of nitrogens with zero attached hydrogens (tertiary/aromatic N) is 1. The van der Waals surface area contributed by atoms with Crippen LogP contribution in [0.4, 0.5) is 11.4 Å². The van der Waals surface area contributed by atoms with Crippen molar-refractivity contribution in [1.29, 1.82) is 0 Å². The molecule has 1 atom stereocenters. The molecule has 13 heteroatoms. The summed E-state index contributed by atoms with van der Waals surface area (Å²) < 4.78 is 40.5. The van der Waals surface area contributed by atoms with E-state index in [9.17, 15) is 8.42 Å². The van der Waals surface area contributed by atoms with Crippen molar-refractivity contribution in [3.05, 3.63) is 45.9 Å². The molecule has 1 saturated heterocycles. The van der Waals surface area contributed by atoms with E-state index < -0.39 is 18.3 Å². The van der Waals surface area contributed by atoms with Crippen LogP contribution in [0.1, 0.15) is 33.6 Å². The number of para-hydroxylation sites is 1. The second kappa shape index (κ2) is 12.5. The molecule has 0 spiro atoms. The largest absolute Gasteiger partial charge is 0.541 e. The van der Waals surface area contributed by atoms with Gasteiger partial charge in [-0.2, -0.15) is 0 Å². The van der Waals surface area contributed by atoms with Crippen LogP contribution in [0.5, 0.6) is 5.75 Å². The van der Waals surface area contributed by atoms with Crippen LogP contribution in [0, 0.1) is 0 Å². The summed E-state index contributed by atoms with van der Waals surface area (Å²) in [6.45, 7) is 11.3. The maximum atomic E-state index is 13.9. The summed E-state index contributed by atoms with van der Waals surface area (Å²) in [5, 5.41) is 8.10. The Hall–Kier alpha value is -1.25. The molecule has 2 aromatic carbocycles. The maximum absolute atomic E-state index is 13.9. The lowest BCUT2D eigenvalue weighted by Gasteiger charge is -2.38. The summed E-state index contributed by atoms with van der Waals surface area (Å²) in [6.07, 6.45) is 1.68. The van der Waals surface area contributed by atoms with Crippen LogP contribution >= 0.6 is 39.7 Å². The number of hydrogen-bond donors (Lipinski definition) is 3. The van der Waals surface area contributed by atoms with Crippen LogP contribution in [0.3, 0.4) is 0 Å². The topological polar surface area (TPSA) is 91.9 Å². The first-order valence-electron chi connectivity index (χ1n) is 12.3. The molecule has 0 aromatic heterocycles. The van der Waals surface area contributed by atoms with Crippen molar-refractivity contribution < 1.29 is 17.6 Å². The van der Waals surface area contributed by atoms with Crippen molar-refractivity contribution in [3.63, 3.8) is 0 Å². The standard InChI is InChI=1S/C25H36BrClN4O4S2Si/c1-25(2,3)38(5,6)35-22-21(29-24(36)28-20-12-8-7-11-18(20)26)14-13-19(27)23(22)37(32,33)30-31-15-9-10-17(31)16-34-4/h7-8,11-14,17,30H,9-10,15-16H2,1-6H3,(H2,28,29,36)/t17-/m0/s1. The molecule has 2 aromatic rings. The van der Waals surface area contributed by atoms with E-state index in [1.807, 2.05) is 37.4 Å². The number of rotatable bonds is 9. The van der Waals surface area contributed by atoms with Crippen molar-refractivity contribution in [2.24, 2.45) is 0 Å². The maximum Gasteiger partial charge on any atom is 0.258 e. The normalized spacial score (nSPS) is 16.9. The van der Waals surface area contributed by atoms with Gasteiger partial charge >= 0.3 is 0 Å². The summed E-state index contributed by atoms with van der Waals surface area (Å²) in [5.74, 6) is 0.148. The van der Waals surface area contributed by atoms with Crippen molar-refractivity contribution >= 4 is 74.6 Å². The van der Waals surface area contributed by atoms with Gasteiger partial charge in [0.05, 0.1) is 23.0 Å². The Morgan fingerprint density at radius 1 is 1.18 bits per heavy atom. The second-order valence-electron chi connectivity index (χ2n) is 10.7. The van der Waals surface area contributed by atoms with Crippen LogP contribution in [0.15, 0.2) is 45.8 Å². The number of thiocarbonyl (C=S) groups is 1. The van der Waals surface area contributed by atoms with Gasteiger partial charge in [-0.15, -0.1) is 4.83 Å². The fourth-order valence-corrected chi connectivity index (χ4v) is 7.28. The lowest BCUT2D eigenvalue weighted by Crippen LogP contribution is -2.47. The van der Waals surface area contributed by atoms with E-state index in [4.69, 9.17) is 33.0 Å². The smallest absolute Gasteiger partial charge is 0.258 e. The van der Waals surface area contributed by atoms with Crippen molar-refractivity contribution in [2.75, 3.05) is 30.9 Å². The Morgan fingerprint density at radius 3 is 2.47 bits per heavy atom. The SMILES string of the molecule is COC[C@@H]1CCCN1NS(=O)(=O)c1c(Cl)ccc(NC(=S)Nc2ccccc2Br)c1O[Si](C)(C)C(C)(C)C. The molecule has 0 saturated carbocycles. The lowest BCUT2D eigenvalue weighted by atomic mass is 10.2. The average Bonchev–Trinajstić information content (AvgIpc) is 3.22. The number of sulfonamides is 1. The summed E-state index contributed by atoms with van der Waals surface area (Å²) >= 11 is 15.7. The zero-order valence-corrected chi connectivity index (χ0v) is 27.5. The molecule has 1 aliphatic rings. The second-order valence-corrected chi connectivity index (χ2v) is 18.7. The van der Waals surface area contributed by atoms with Crippen LogP contribution in [-0.2, 0) is 14.8 Å². The number of ether oxygens (including phenoxy) is 1. The molecule has 0 radical (unpaired) electrons. The predicted molar refractivity (Wildman–Crippen MR) is 165 cm³/mol. The minimum Gasteiger partial charge on any atom is -0.541 e. The highest BCUT2D eigenvalue weighted by molar-refractivity contribution is 9.10. The minimum absolute atomic E-state index is 0.0592. The molecule has 0 aliphatic carbocycles. The van der Waals surface area contributed by atoms with Gasteiger partial charge in [-0.1, -0.05) is 44.5 Å². The Morgan fingerprint density at radius 2 is 1.84 bits per heavy atom. The molecular weight excluding hydrogens is 628 g/mol. The molecule has 0 amide bonds. The molecule has 38 heavy (non-hydrogen) atoms. The number of hydrogen-bond acceptors (Lipinski definition) is 6. The van der Waals surface area contributed by atoms with Gasteiger partial charge in [0.1, 0.15) is 10.6 Å². The molecule has 8 nitrogen and oxygen atoms in total. The highest BCUT2D eigenvalue weighted by atomic mass is 79.9. The van der Waals surface area contributed by atoms with Gasteiger partial charge in [0.2, 0.25) is 0 Å². The van der Waals surface area contributed by atoms with E-state index in [2.05, 4.69) is 52.2 Å². The summed E-state index contributed by atoms with van der Waals surface area (Å²) in [7, 11) is -5.03. The summed E-state index contributed by atoms with van der Waals surface area (Å²) in [5.41, 5.74) is 1.16. The van der Waals surface area contributed by atoms with Crippen LogP contribution in [-0.4, -0.2) is 53.2 Å². The number of nitrogens with one attached hydrogen (secondary N) is 3. The quantitative estimate of drug-likeness (QED) is 0.204. The first-order valence-corrected chi connectivity index (χ1v) is 18.3. The van der Waals surface area contributed by atoms with E-state index in [1.165, 1.54) is 6.07 Å². The number of benzene rings is 2. The molecule has 1 heterocycles. The Kier molecular flexibility index (Phi) is 10.3. The third kappa shape index (κ3) is 7.48. The van der Waals surface area contributed by atoms with E-state index >= 15 is 0 Å². The number of halogens is 2. The van der Waals surface area contributed by atoms with Gasteiger partial charge in [-0.05, 0) is 83.4 Å². The molecule has 3 rings (SSSR count). The van der Waals surface area contributed by atoms with Crippen molar-refractivity contribution in [2.45, 2.75) is 62.7 Å². The average molecular weight is 664 g/mol. The molecule has 1 fully saturated rings. The summed E-state index contributed by atoms with van der Waals surface area (Å²) in [6, 6.07) is 10.7. The van der Waals surface area contributed by atoms with E-state index in [0.29, 0.717) is 18.8 Å². The first kappa shape index (κ1) is 31.3. The summed E-state index contributed by atoms with van der Waals surface area (Å²) in [4.78, 5) is 2.61. The van der Waals surface area contributed by atoms with E-state index in [-0.39, 0.29) is 31.9 Å². The Balaban J connectivity index is 2.05. The highest BCUT2D eigenvalue weighted by Gasteiger charge is 2.42. The van der Waals surface area contributed by atoms with Gasteiger partial charge in [0.25, 0.3) is 18.3 Å². The van der Waals surface area contributed by atoms with Gasteiger partial charge in [0.15, 0.2) is 5.11 Å². The van der Waals surface area contributed by atoms with E-state index in [1.54, 1.807) is 18.2 Å². The van der Waals surface area contributed by atoms with Crippen molar-refractivity contribution in [3.8, 4) is 5.75 Å². The number of anilines is 2. The first-order chi connectivity index (χ1) is 17.7. The molecule has 0 bridgehead atoms. The van der Waals surface area contributed by atoms with Gasteiger partial charge in [-0.25, -0.2) is 13.4 Å². The molecule has 0 unspecified atom stereocenters. The molecule has 210 valence electrons. The Labute approximate surface area is 246 Å². The third-order valence-corrected chi connectivity index (χ3v) is 13.9. The number of hydrazine groups is 1. The lowest BCUT2D eigenvalue weighted by molar-refractivity contribution is 0.104. The zero-order valence-electron chi connectivity index (χ0n) is 22.5. The third-order valence-electron chi connectivity index (χ3n) is 6.84. The highest BCUT2D eigenvalue weighted by Crippen LogP contribution is 2.44. The molecular formula is C25H36BrClN4O4S2Si. The monoisotopic (exact) mass is 662 g/mol. The predicted octanol–water partition coefficient (Wildman–Crippen LogP) is 6.60. The van der Waals surface area contributed by atoms with Gasteiger partial charge < -0.3 is 19.8 Å². The fraction of sp³-hybridized carbons (Fsp3) is 0.480. The minimum atomic E-state index is -4.12. The molecule has 3 N–H and O–H groups in total. The van der Waals surface area contributed by atoms with Crippen molar-refractivity contribution in [1.82, 2.24) is 9.84 Å². The fourth-order valence-electron chi connectivity index (χ4n) is 3.76. The van der Waals surface area contributed by atoms with Crippen LogP contribution in [0.25, 0.3) is 0 Å². The van der Waals surface area contributed by atoms with Gasteiger partial charge in [0, 0.05) is 24.2 Å². The zero-order chi connectivity index (χ0) is 28.3. The van der Waals surface area contributed by atoms with E-state index in [0.717, 1.165) is 23.0 Å². The molecule has 1 aliphatic heterocycles. The Bertz CT molecular complexity index is 1270. The number of methoxy groups -OCH3 is 1.